The fourth-order valence-electron chi connectivity index (χ4n) is 4.50. The lowest BCUT2D eigenvalue weighted by atomic mass is 9.91. The van der Waals surface area contributed by atoms with Crippen LogP contribution < -0.4 is 5.32 Å². The van der Waals surface area contributed by atoms with Gasteiger partial charge in [-0.15, -0.1) is 0 Å². The van der Waals surface area contributed by atoms with Crippen LogP contribution in [0.4, 0.5) is 0 Å². The lowest BCUT2D eigenvalue weighted by Gasteiger charge is -2.22. The number of rotatable bonds is 4. The van der Waals surface area contributed by atoms with Gasteiger partial charge in [0.05, 0.1) is 17.1 Å². The Labute approximate surface area is 176 Å². The summed E-state index contributed by atoms with van der Waals surface area (Å²) in [7, 11) is 0. The van der Waals surface area contributed by atoms with E-state index in [1.165, 1.54) is 24.0 Å². The van der Waals surface area contributed by atoms with E-state index < -0.39 is 0 Å². The maximum atomic E-state index is 4.81. The van der Waals surface area contributed by atoms with E-state index >= 15 is 0 Å². The normalized spacial score (nSPS) is 15.3. The van der Waals surface area contributed by atoms with Gasteiger partial charge in [0.15, 0.2) is 5.65 Å². The van der Waals surface area contributed by atoms with Gasteiger partial charge >= 0.3 is 0 Å². The second-order valence-corrected chi connectivity index (χ2v) is 8.46. The Bertz CT molecular complexity index is 1160. The third kappa shape index (κ3) is 3.29. The van der Waals surface area contributed by atoms with Gasteiger partial charge in [-0.05, 0) is 68.0 Å². The molecule has 0 radical (unpaired) electrons. The SMILES string of the molecule is Cc1cc(-c2n[nH]c(-c3ccc(C4CCNCC4)cn3)c2C(C)C)cn2ncnc12. The lowest BCUT2D eigenvalue weighted by molar-refractivity contribution is 0.459. The van der Waals surface area contributed by atoms with Gasteiger partial charge in [-0.3, -0.25) is 10.1 Å². The molecule has 4 aromatic rings. The number of aryl methyl sites for hydroxylation is 1. The summed E-state index contributed by atoms with van der Waals surface area (Å²) in [6.45, 7) is 8.62. The van der Waals surface area contributed by atoms with E-state index in [9.17, 15) is 0 Å². The van der Waals surface area contributed by atoms with Crippen molar-refractivity contribution in [1.29, 1.82) is 0 Å². The van der Waals surface area contributed by atoms with Gasteiger partial charge < -0.3 is 5.32 Å². The van der Waals surface area contributed by atoms with Crippen molar-refractivity contribution >= 4 is 5.65 Å². The average molecular weight is 402 g/mol. The summed E-state index contributed by atoms with van der Waals surface area (Å²) in [5.74, 6) is 0.901. The zero-order valence-corrected chi connectivity index (χ0v) is 17.7. The number of aromatic nitrogens is 6. The zero-order chi connectivity index (χ0) is 20.7. The topological polar surface area (TPSA) is 83.8 Å². The largest absolute Gasteiger partial charge is 0.317 e. The van der Waals surface area contributed by atoms with E-state index in [0.717, 1.165) is 46.9 Å². The molecule has 154 valence electrons. The van der Waals surface area contributed by atoms with Gasteiger partial charge in [-0.2, -0.15) is 10.2 Å². The first-order valence-corrected chi connectivity index (χ1v) is 10.7. The van der Waals surface area contributed by atoms with Gasteiger partial charge in [0, 0.05) is 23.5 Å². The summed E-state index contributed by atoms with van der Waals surface area (Å²) in [6.07, 6.45) is 7.98. The summed E-state index contributed by atoms with van der Waals surface area (Å²) in [5, 5.41) is 15.7. The molecule has 0 amide bonds. The van der Waals surface area contributed by atoms with Crippen molar-refractivity contribution in [2.75, 3.05) is 13.1 Å². The molecule has 1 aliphatic heterocycles. The van der Waals surface area contributed by atoms with Crippen molar-refractivity contribution in [3.05, 3.63) is 53.6 Å². The van der Waals surface area contributed by atoms with E-state index in [0.29, 0.717) is 11.8 Å². The van der Waals surface area contributed by atoms with E-state index in [4.69, 9.17) is 10.1 Å². The third-order valence-corrected chi connectivity index (χ3v) is 6.07. The highest BCUT2D eigenvalue weighted by Crippen LogP contribution is 2.35. The van der Waals surface area contributed by atoms with Crippen molar-refractivity contribution < 1.29 is 0 Å². The molecule has 30 heavy (non-hydrogen) atoms. The monoisotopic (exact) mass is 401 g/mol. The highest BCUT2D eigenvalue weighted by atomic mass is 15.3. The Kier molecular flexibility index (Phi) is 4.83. The van der Waals surface area contributed by atoms with Crippen molar-refractivity contribution in [3.8, 4) is 22.6 Å². The summed E-state index contributed by atoms with van der Waals surface area (Å²) < 4.78 is 1.81. The molecular weight excluding hydrogens is 374 g/mol. The molecule has 2 N–H and O–H groups in total. The first-order chi connectivity index (χ1) is 14.6. The van der Waals surface area contributed by atoms with Crippen LogP contribution in [0.5, 0.6) is 0 Å². The van der Waals surface area contributed by atoms with Crippen LogP contribution in [0.2, 0.25) is 0 Å². The number of aromatic amines is 1. The van der Waals surface area contributed by atoms with Crippen LogP contribution in [-0.4, -0.2) is 42.9 Å². The number of pyridine rings is 2. The van der Waals surface area contributed by atoms with Crippen LogP contribution in [0.25, 0.3) is 28.3 Å². The molecule has 7 heteroatoms. The van der Waals surface area contributed by atoms with Crippen LogP contribution in [0, 0.1) is 6.92 Å². The summed E-state index contributed by atoms with van der Waals surface area (Å²) >= 11 is 0. The predicted molar refractivity (Wildman–Crippen MR) is 117 cm³/mol. The number of nitrogens with zero attached hydrogens (tertiary/aromatic N) is 5. The first-order valence-electron chi connectivity index (χ1n) is 10.7. The standard InChI is InChI=1S/C23H27N7/c1-14(2)20-21(18-10-15(3)23-26-13-27-30(23)12-18)28-29-22(20)19-5-4-17(11-25-19)16-6-8-24-9-7-16/h4-5,10-14,16,24H,6-9H2,1-3H3,(H,28,29). The van der Waals surface area contributed by atoms with E-state index in [1.54, 1.807) is 6.33 Å². The second kappa shape index (κ2) is 7.65. The number of fused-ring (bicyclic) bond motifs is 1. The molecule has 0 spiro atoms. The van der Waals surface area contributed by atoms with Crippen LogP contribution in [-0.2, 0) is 0 Å². The average Bonchev–Trinajstić information content (AvgIpc) is 3.42. The highest BCUT2D eigenvalue weighted by Gasteiger charge is 2.22. The molecule has 7 nitrogen and oxygen atoms in total. The second-order valence-electron chi connectivity index (χ2n) is 8.46. The van der Waals surface area contributed by atoms with Gasteiger partial charge in [-0.1, -0.05) is 19.9 Å². The van der Waals surface area contributed by atoms with Crippen LogP contribution in [0.3, 0.4) is 0 Å². The smallest absolute Gasteiger partial charge is 0.158 e. The van der Waals surface area contributed by atoms with Gasteiger partial charge in [-0.25, -0.2) is 9.50 Å². The Morgan fingerprint density at radius 2 is 1.97 bits per heavy atom. The minimum atomic E-state index is 0.298. The molecule has 1 saturated heterocycles. The van der Waals surface area contributed by atoms with Crippen molar-refractivity contribution in [2.24, 2.45) is 0 Å². The molecule has 0 aliphatic carbocycles. The Morgan fingerprint density at radius 1 is 1.13 bits per heavy atom. The first kappa shape index (κ1) is 18.9. The number of piperidine rings is 1. The van der Waals surface area contributed by atoms with Gasteiger partial charge in [0.25, 0.3) is 0 Å². The highest BCUT2D eigenvalue weighted by molar-refractivity contribution is 5.74. The van der Waals surface area contributed by atoms with Crippen LogP contribution >= 0.6 is 0 Å². The Balaban J connectivity index is 1.54. The van der Waals surface area contributed by atoms with E-state index in [2.05, 4.69) is 59.5 Å². The molecule has 0 atom stereocenters. The number of hydrogen-bond donors (Lipinski definition) is 2. The van der Waals surface area contributed by atoms with E-state index in [-0.39, 0.29) is 0 Å². The zero-order valence-electron chi connectivity index (χ0n) is 17.7. The lowest BCUT2D eigenvalue weighted by Crippen LogP contribution is -2.26. The van der Waals surface area contributed by atoms with Crippen molar-refractivity contribution in [2.45, 2.75) is 45.4 Å². The molecule has 1 aliphatic rings. The molecule has 0 saturated carbocycles. The molecule has 0 unspecified atom stereocenters. The molecule has 1 fully saturated rings. The van der Waals surface area contributed by atoms with Crippen LogP contribution in [0.15, 0.2) is 36.9 Å². The Morgan fingerprint density at radius 3 is 2.70 bits per heavy atom. The fraction of sp³-hybridized carbons (Fsp3) is 0.391. The number of H-pyrrole nitrogens is 1. The van der Waals surface area contributed by atoms with Crippen molar-refractivity contribution in [3.63, 3.8) is 0 Å². The Hall–Kier alpha value is -3.06. The van der Waals surface area contributed by atoms with E-state index in [1.807, 2.05) is 16.9 Å². The number of hydrogen-bond acceptors (Lipinski definition) is 5. The quantitative estimate of drug-likeness (QED) is 0.538. The molecule has 5 rings (SSSR count). The minimum Gasteiger partial charge on any atom is -0.317 e. The summed E-state index contributed by atoms with van der Waals surface area (Å²) in [4.78, 5) is 9.13. The maximum Gasteiger partial charge on any atom is 0.158 e. The predicted octanol–water partition coefficient (Wildman–Crippen LogP) is 4.08. The molecule has 0 bridgehead atoms. The van der Waals surface area contributed by atoms with Gasteiger partial charge in [0.1, 0.15) is 6.33 Å². The fourth-order valence-corrected chi connectivity index (χ4v) is 4.50. The third-order valence-electron chi connectivity index (χ3n) is 6.07. The molecule has 4 aromatic heterocycles. The van der Waals surface area contributed by atoms with Gasteiger partial charge in [0.2, 0.25) is 0 Å². The molecule has 5 heterocycles. The molecular formula is C23H27N7. The number of nitrogens with one attached hydrogen (secondary N) is 2. The maximum absolute atomic E-state index is 4.81. The van der Waals surface area contributed by atoms with Crippen LogP contribution in [0.1, 0.15) is 55.2 Å². The summed E-state index contributed by atoms with van der Waals surface area (Å²) in [6, 6.07) is 6.49. The summed E-state index contributed by atoms with van der Waals surface area (Å²) in [5.41, 5.74) is 8.37. The molecule has 0 aromatic carbocycles. The minimum absolute atomic E-state index is 0.298. The van der Waals surface area contributed by atoms with Crippen molar-refractivity contribution in [1.82, 2.24) is 35.1 Å².